The fraction of sp³-hybridized carbons (Fsp3) is 0.222. The maximum atomic E-state index is 12.0. The predicted octanol–water partition coefficient (Wildman–Crippen LogP) is 2.12. The predicted molar refractivity (Wildman–Crippen MR) is 43.0 cm³/mol. The molecule has 0 heterocycles. The molecule has 2 nitrogen and oxygen atoms in total. The van der Waals surface area contributed by atoms with Crippen LogP contribution in [-0.4, -0.2) is 13.1 Å². The summed E-state index contributed by atoms with van der Waals surface area (Å²) in [6.45, 7) is 1.36. The molecule has 0 amide bonds. The van der Waals surface area contributed by atoms with E-state index in [1.807, 2.05) is 0 Å². The lowest BCUT2D eigenvalue weighted by Gasteiger charge is -2.16. The van der Waals surface area contributed by atoms with Crippen LogP contribution < -0.4 is 0 Å². The summed E-state index contributed by atoms with van der Waals surface area (Å²) in [7, 11) is 1.35. The summed E-state index contributed by atoms with van der Waals surface area (Å²) in [5.74, 6) is -1.60. The second-order valence-electron chi connectivity index (χ2n) is 2.48. The highest BCUT2D eigenvalue weighted by Crippen LogP contribution is 2.38. The van der Waals surface area contributed by atoms with E-state index in [9.17, 15) is 13.6 Å². The smallest absolute Gasteiger partial charge is 0.302 e. The molecule has 0 aliphatic heterocycles. The zero-order valence-corrected chi connectivity index (χ0v) is 7.23. The molecule has 0 saturated carbocycles. The van der Waals surface area contributed by atoms with Crippen molar-refractivity contribution in [2.45, 2.75) is 6.92 Å². The number of halogens is 2. The van der Waals surface area contributed by atoms with Crippen LogP contribution in [0.15, 0.2) is 12.1 Å². The second kappa shape index (κ2) is 3.51. The number of esters is 1. The lowest BCUT2D eigenvalue weighted by Crippen LogP contribution is -2.03. The summed E-state index contributed by atoms with van der Waals surface area (Å²) in [6, 6.07) is 3.13. The maximum Gasteiger partial charge on any atom is 0.302 e. The Morgan fingerprint density at radius 1 is 1.23 bits per heavy atom. The van der Waals surface area contributed by atoms with Gasteiger partial charge in [0.2, 0.25) is 0 Å². The van der Waals surface area contributed by atoms with Crippen molar-refractivity contribution < 1.29 is 18.3 Å². The van der Waals surface area contributed by atoms with E-state index in [-0.39, 0.29) is 5.97 Å². The normalized spacial score (nSPS) is 9.85. The van der Waals surface area contributed by atoms with Gasteiger partial charge in [-0.05, 0) is 0 Å². The number of carbonyl (C=O) groups is 1. The van der Waals surface area contributed by atoms with Gasteiger partial charge >= 0.3 is 5.97 Å². The van der Waals surface area contributed by atoms with Gasteiger partial charge in [0.1, 0.15) is 0 Å². The summed E-state index contributed by atoms with van der Waals surface area (Å²) in [6.07, 6.45) is 0. The molecule has 0 aromatic rings. The second-order valence-corrected chi connectivity index (χ2v) is 2.48. The molecule has 0 spiro atoms. The van der Waals surface area contributed by atoms with Crippen molar-refractivity contribution in [1.29, 1.82) is 0 Å². The van der Waals surface area contributed by atoms with Gasteiger partial charge in [0, 0.05) is 18.1 Å². The highest BCUT2D eigenvalue weighted by molar-refractivity contribution is 5.77. The maximum absolute atomic E-state index is 12.0. The van der Waals surface area contributed by atoms with Crippen molar-refractivity contribution in [3.8, 4) is 11.1 Å². The molecular weight excluding hydrogens is 178 g/mol. The van der Waals surface area contributed by atoms with Crippen LogP contribution in [0.25, 0.3) is 11.1 Å². The molecule has 0 saturated heterocycles. The monoisotopic (exact) mass is 186 g/mol. The average Bonchev–Trinajstić information content (AvgIpc) is 2.04. The van der Waals surface area contributed by atoms with E-state index < -0.39 is 11.6 Å². The first-order valence-electron chi connectivity index (χ1n) is 3.61. The molecule has 2 rings (SSSR count). The SMILES string of the molecule is COC(C)=O.Fc1c2ccc-2c1F. The molecule has 0 unspecified atom stereocenters. The van der Waals surface area contributed by atoms with Gasteiger partial charge < -0.3 is 4.74 Å². The summed E-state index contributed by atoms with van der Waals surface area (Å²) >= 11 is 0. The highest BCUT2D eigenvalue weighted by Gasteiger charge is 2.25. The Bertz CT molecular complexity index is 321. The molecular formula is C9H8F2O2. The van der Waals surface area contributed by atoms with Crippen LogP contribution in [0, 0.1) is 11.6 Å². The van der Waals surface area contributed by atoms with E-state index in [0.29, 0.717) is 11.1 Å². The number of methoxy groups -OCH3 is 1. The minimum Gasteiger partial charge on any atom is -0.469 e. The van der Waals surface area contributed by atoms with Crippen LogP contribution >= 0.6 is 0 Å². The number of hydrogen-bond donors (Lipinski definition) is 0. The Labute approximate surface area is 74.1 Å². The van der Waals surface area contributed by atoms with Crippen molar-refractivity contribution >= 4 is 5.97 Å². The highest BCUT2D eigenvalue weighted by atomic mass is 19.2. The van der Waals surface area contributed by atoms with Gasteiger partial charge in [0.25, 0.3) is 0 Å². The van der Waals surface area contributed by atoms with Crippen LogP contribution in [0.5, 0.6) is 0 Å². The van der Waals surface area contributed by atoms with Crippen LogP contribution in [0.3, 0.4) is 0 Å². The Morgan fingerprint density at radius 2 is 1.54 bits per heavy atom. The lowest BCUT2D eigenvalue weighted by molar-refractivity contribution is -0.137. The molecule has 70 valence electrons. The Kier molecular flexibility index (Phi) is 2.60. The lowest BCUT2D eigenvalue weighted by atomic mass is 9.92. The summed E-state index contributed by atoms with van der Waals surface area (Å²) in [5.41, 5.74) is 0.894. The molecule has 0 bridgehead atoms. The third kappa shape index (κ3) is 1.66. The van der Waals surface area contributed by atoms with Crippen LogP contribution in [0.2, 0.25) is 0 Å². The van der Waals surface area contributed by atoms with Crippen LogP contribution in [0.4, 0.5) is 8.78 Å². The Hall–Kier alpha value is -1.45. The molecule has 0 fully saturated rings. The molecule has 0 aromatic carbocycles. The standard InChI is InChI=1S/C6H2F2.C3H6O2/c7-5-3-1-2-4(3)6(5)8;1-3(4)5-2/h1-2H;1-2H3. The van der Waals surface area contributed by atoms with E-state index in [2.05, 4.69) is 4.74 Å². The van der Waals surface area contributed by atoms with Gasteiger partial charge in [-0.2, -0.15) is 0 Å². The zero-order valence-electron chi connectivity index (χ0n) is 7.23. The number of benzene rings is 1. The molecule has 0 radical (unpaired) electrons. The van der Waals surface area contributed by atoms with Gasteiger partial charge in [0.05, 0.1) is 7.11 Å². The van der Waals surface area contributed by atoms with Gasteiger partial charge in [0.15, 0.2) is 11.6 Å². The summed E-state index contributed by atoms with van der Waals surface area (Å²) in [5, 5.41) is 0. The first kappa shape index (κ1) is 9.64. The minimum atomic E-state index is -0.678. The van der Waals surface area contributed by atoms with Gasteiger partial charge in [-0.25, -0.2) is 8.78 Å². The summed E-state index contributed by atoms with van der Waals surface area (Å²) in [4.78, 5) is 9.59. The van der Waals surface area contributed by atoms with E-state index in [1.54, 1.807) is 12.1 Å². The van der Waals surface area contributed by atoms with Gasteiger partial charge in [-0.1, -0.05) is 12.1 Å². The van der Waals surface area contributed by atoms with E-state index in [1.165, 1.54) is 14.0 Å². The summed E-state index contributed by atoms with van der Waals surface area (Å²) < 4.78 is 28.1. The van der Waals surface area contributed by atoms with Crippen molar-refractivity contribution in [1.82, 2.24) is 0 Å². The molecule has 0 N–H and O–H groups in total. The van der Waals surface area contributed by atoms with Crippen LogP contribution in [-0.2, 0) is 9.53 Å². The number of fused-ring (bicyclic) bond motifs is 1. The molecule has 0 atom stereocenters. The topological polar surface area (TPSA) is 26.3 Å². The third-order valence-electron chi connectivity index (χ3n) is 1.66. The quantitative estimate of drug-likeness (QED) is 0.589. The molecule has 2 aliphatic rings. The van der Waals surface area contributed by atoms with Crippen molar-refractivity contribution in [3.05, 3.63) is 23.8 Å². The molecule has 13 heavy (non-hydrogen) atoms. The number of hydrogen-bond acceptors (Lipinski definition) is 2. The zero-order chi connectivity index (χ0) is 10.0. The number of rotatable bonds is 0. The molecule has 0 aromatic heterocycles. The number of carbonyl (C=O) groups excluding carboxylic acids is 1. The van der Waals surface area contributed by atoms with Crippen molar-refractivity contribution in [2.24, 2.45) is 0 Å². The van der Waals surface area contributed by atoms with Crippen molar-refractivity contribution in [2.75, 3.05) is 7.11 Å². The fourth-order valence-corrected chi connectivity index (χ4v) is 0.807. The first-order valence-corrected chi connectivity index (χ1v) is 3.61. The fourth-order valence-electron chi connectivity index (χ4n) is 0.807. The third-order valence-corrected chi connectivity index (χ3v) is 1.66. The van der Waals surface area contributed by atoms with Gasteiger partial charge in [-0.3, -0.25) is 4.79 Å². The Morgan fingerprint density at radius 3 is 1.62 bits per heavy atom. The number of ether oxygens (including phenoxy) is 1. The van der Waals surface area contributed by atoms with E-state index >= 15 is 0 Å². The van der Waals surface area contributed by atoms with Gasteiger partial charge in [-0.15, -0.1) is 0 Å². The minimum absolute atomic E-state index is 0.245. The average molecular weight is 186 g/mol. The molecule has 2 aliphatic carbocycles. The van der Waals surface area contributed by atoms with E-state index in [4.69, 9.17) is 0 Å². The van der Waals surface area contributed by atoms with Crippen molar-refractivity contribution in [3.63, 3.8) is 0 Å². The van der Waals surface area contributed by atoms with E-state index in [0.717, 1.165) is 0 Å². The first-order chi connectivity index (χ1) is 6.07. The Balaban J connectivity index is 0.000000149. The van der Waals surface area contributed by atoms with Crippen LogP contribution in [0.1, 0.15) is 6.92 Å². The molecule has 4 heteroatoms. The largest absolute Gasteiger partial charge is 0.469 e.